The van der Waals surface area contributed by atoms with Gasteiger partial charge in [-0.25, -0.2) is 8.42 Å². The van der Waals surface area contributed by atoms with Crippen molar-refractivity contribution in [1.29, 1.82) is 0 Å². The molecule has 2 saturated heterocycles. The molecule has 0 radical (unpaired) electrons. The molecule has 0 aromatic heterocycles. The van der Waals surface area contributed by atoms with Gasteiger partial charge in [-0.05, 0) is 37.2 Å². The van der Waals surface area contributed by atoms with E-state index in [1.165, 1.54) is 4.31 Å². The lowest BCUT2D eigenvalue weighted by molar-refractivity contribution is 0.113. The summed E-state index contributed by atoms with van der Waals surface area (Å²) in [4.78, 5) is 2.24. The number of piperazine rings is 1. The Morgan fingerprint density at radius 3 is 2.57 bits per heavy atom. The lowest BCUT2D eigenvalue weighted by Gasteiger charge is -2.35. The number of fused-ring (bicyclic) bond motifs is 1. The smallest absolute Gasteiger partial charge is 0.243 e. The maximum absolute atomic E-state index is 13.0. The van der Waals surface area contributed by atoms with Crippen LogP contribution >= 0.6 is 12.2 Å². The van der Waals surface area contributed by atoms with Crippen LogP contribution in [0.1, 0.15) is 12.8 Å². The third kappa shape index (κ3) is 4.19. The van der Waals surface area contributed by atoms with Gasteiger partial charge in [0.15, 0.2) is 16.6 Å². The van der Waals surface area contributed by atoms with E-state index in [9.17, 15) is 8.42 Å². The number of nitrogens with zero attached hydrogens (tertiary/aromatic N) is 2. The molecule has 0 aliphatic carbocycles. The van der Waals surface area contributed by atoms with E-state index in [1.807, 2.05) is 4.90 Å². The van der Waals surface area contributed by atoms with Crippen molar-refractivity contribution in [2.75, 3.05) is 52.5 Å². The minimum atomic E-state index is -3.58. The molecule has 1 aromatic carbocycles. The molecule has 4 rings (SSSR count). The molecule has 1 unspecified atom stereocenters. The largest absolute Gasteiger partial charge is 0.486 e. The van der Waals surface area contributed by atoms with Crippen LogP contribution in [0.4, 0.5) is 0 Å². The predicted molar refractivity (Wildman–Crippen MR) is 107 cm³/mol. The second-order valence-corrected chi connectivity index (χ2v) is 9.34. The Kier molecular flexibility index (Phi) is 5.91. The van der Waals surface area contributed by atoms with Crippen molar-refractivity contribution in [2.24, 2.45) is 0 Å². The second kappa shape index (κ2) is 8.40. The van der Waals surface area contributed by atoms with Crippen LogP contribution in [-0.4, -0.2) is 81.4 Å². The van der Waals surface area contributed by atoms with Crippen molar-refractivity contribution >= 4 is 27.4 Å². The van der Waals surface area contributed by atoms with Crippen LogP contribution in [0.3, 0.4) is 0 Å². The lowest BCUT2D eigenvalue weighted by atomic mass is 10.2. The Morgan fingerprint density at radius 2 is 1.86 bits per heavy atom. The van der Waals surface area contributed by atoms with E-state index in [4.69, 9.17) is 26.4 Å². The summed E-state index contributed by atoms with van der Waals surface area (Å²) < 4.78 is 44.1. The minimum absolute atomic E-state index is 0.217. The van der Waals surface area contributed by atoms with Gasteiger partial charge in [0.05, 0.1) is 11.0 Å². The van der Waals surface area contributed by atoms with Crippen LogP contribution < -0.4 is 14.8 Å². The van der Waals surface area contributed by atoms with Gasteiger partial charge in [-0.15, -0.1) is 0 Å². The first-order valence-corrected chi connectivity index (χ1v) is 11.4. The van der Waals surface area contributed by atoms with E-state index in [-0.39, 0.29) is 11.0 Å². The van der Waals surface area contributed by atoms with Gasteiger partial charge in [0.2, 0.25) is 10.0 Å². The first kappa shape index (κ1) is 19.7. The van der Waals surface area contributed by atoms with Crippen LogP contribution in [0.25, 0.3) is 0 Å². The summed E-state index contributed by atoms with van der Waals surface area (Å²) in [5.74, 6) is 1.06. The van der Waals surface area contributed by atoms with Crippen molar-refractivity contribution in [3.63, 3.8) is 0 Å². The second-order valence-electron chi connectivity index (χ2n) is 7.02. The molecule has 1 atom stereocenters. The summed E-state index contributed by atoms with van der Waals surface area (Å²) in [6.45, 7) is 4.30. The molecule has 2 fully saturated rings. The van der Waals surface area contributed by atoms with Gasteiger partial charge >= 0.3 is 0 Å². The molecule has 0 saturated carbocycles. The molecule has 28 heavy (non-hydrogen) atoms. The van der Waals surface area contributed by atoms with Crippen LogP contribution in [0.15, 0.2) is 23.1 Å². The monoisotopic (exact) mass is 427 g/mol. The molecule has 0 spiro atoms. The molecule has 8 nitrogen and oxygen atoms in total. The third-order valence-corrected chi connectivity index (χ3v) is 7.48. The fraction of sp³-hybridized carbons (Fsp3) is 0.611. The van der Waals surface area contributed by atoms with Gasteiger partial charge in [-0.2, -0.15) is 4.31 Å². The van der Waals surface area contributed by atoms with Crippen LogP contribution in [-0.2, 0) is 14.8 Å². The number of hydrogen-bond acceptors (Lipinski definition) is 6. The molecule has 154 valence electrons. The highest BCUT2D eigenvalue weighted by atomic mass is 32.2. The average molecular weight is 428 g/mol. The Hall–Kier alpha value is -1.62. The maximum Gasteiger partial charge on any atom is 0.243 e. The molecule has 0 amide bonds. The number of hydrogen-bond donors (Lipinski definition) is 1. The van der Waals surface area contributed by atoms with Gasteiger partial charge in [-0.1, -0.05) is 0 Å². The van der Waals surface area contributed by atoms with E-state index in [1.54, 1.807) is 18.2 Å². The van der Waals surface area contributed by atoms with Gasteiger partial charge in [0.1, 0.15) is 13.2 Å². The molecule has 1 aromatic rings. The Morgan fingerprint density at radius 1 is 1.11 bits per heavy atom. The summed E-state index contributed by atoms with van der Waals surface area (Å²) in [5, 5.41) is 3.91. The van der Waals surface area contributed by atoms with Crippen LogP contribution in [0, 0.1) is 0 Å². The number of thiocarbonyl (C=S) groups is 1. The molecule has 3 aliphatic rings. The summed E-state index contributed by atoms with van der Waals surface area (Å²) in [6.07, 6.45) is 2.36. The summed E-state index contributed by atoms with van der Waals surface area (Å²) in [7, 11) is -3.58. The SMILES string of the molecule is O=S(=O)(c1ccc2c(c1)OCCO2)N1CCN(C(=S)NCC2CCCO2)CC1. The first-order valence-electron chi connectivity index (χ1n) is 9.58. The van der Waals surface area contributed by atoms with Crippen molar-refractivity contribution in [3.05, 3.63) is 18.2 Å². The maximum atomic E-state index is 13.0. The summed E-state index contributed by atoms with van der Waals surface area (Å²) >= 11 is 5.46. The number of ether oxygens (including phenoxy) is 3. The fourth-order valence-electron chi connectivity index (χ4n) is 3.58. The fourth-order valence-corrected chi connectivity index (χ4v) is 5.29. The molecule has 0 bridgehead atoms. The van der Waals surface area contributed by atoms with Gasteiger partial charge < -0.3 is 24.4 Å². The standard InChI is InChI=1S/C18H25N3O5S2/c22-28(23,15-3-4-16-17(12-15)26-11-10-25-16)21-7-5-20(6-8-21)18(27)19-13-14-2-1-9-24-14/h3-4,12,14H,1-2,5-11,13H2,(H,19,27). The van der Waals surface area contributed by atoms with E-state index >= 15 is 0 Å². The zero-order chi connectivity index (χ0) is 19.6. The lowest BCUT2D eigenvalue weighted by Crippen LogP contribution is -2.53. The van der Waals surface area contributed by atoms with E-state index in [0.717, 1.165) is 19.4 Å². The van der Waals surface area contributed by atoms with E-state index in [2.05, 4.69) is 5.32 Å². The van der Waals surface area contributed by atoms with Gasteiger partial charge in [-0.3, -0.25) is 0 Å². The number of nitrogens with one attached hydrogen (secondary N) is 1. The highest BCUT2D eigenvalue weighted by Crippen LogP contribution is 2.33. The van der Waals surface area contributed by atoms with Crippen LogP contribution in [0.2, 0.25) is 0 Å². The number of benzene rings is 1. The topological polar surface area (TPSA) is 80.3 Å². The van der Waals surface area contributed by atoms with Crippen molar-refractivity contribution < 1.29 is 22.6 Å². The van der Waals surface area contributed by atoms with Gasteiger partial charge in [0, 0.05) is 45.4 Å². The molecule has 10 heteroatoms. The van der Waals surface area contributed by atoms with Crippen molar-refractivity contribution in [3.8, 4) is 11.5 Å². The minimum Gasteiger partial charge on any atom is -0.486 e. The summed E-state index contributed by atoms with van der Waals surface area (Å²) in [6, 6.07) is 4.77. The Bertz CT molecular complexity index is 819. The predicted octanol–water partition coefficient (Wildman–Crippen LogP) is 0.818. The van der Waals surface area contributed by atoms with E-state index in [0.29, 0.717) is 62.5 Å². The zero-order valence-corrected chi connectivity index (χ0v) is 17.3. The molecule has 3 heterocycles. The third-order valence-electron chi connectivity index (χ3n) is 5.18. The quantitative estimate of drug-likeness (QED) is 0.708. The van der Waals surface area contributed by atoms with Crippen molar-refractivity contribution in [1.82, 2.24) is 14.5 Å². The molecular weight excluding hydrogens is 402 g/mol. The normalized spacial score (nSPS) is 22.9. The van der Waals surface area contributed by atoms with Crippen LogP contribution in [0.5, 0.6) is 11.5 Å². The highest BCUT2D eigenvalue weighted by Gasteiger charge is 2.30. The molecular formula is C18H25N3O5S2. The molecule has 1 N–H and O–H groups in total. The highest BCUT2D eigenvalue weighted by molar-refractivity contribution is 7.89. The Balaban J connectivity index is 1.34. The Labute approximate surface area is 170 Å². The number of rotatable bonds is 4. The average Bonchev–Trinajstić information content (AvgIpc) is 3.25. The van der Waals surface area contributed by atoms with E-state index < -0.39 is 10.0 Å². The molecule has 3 aliphatic heterocycles. The van der Waals surface area contributed by atoms with Crippen molar-refractivity contribution in [2.45, 2.75) is 23.8 Å². The zero-order valence-electron chi connectivity index (χ0n) is 15.6. The van der Waals surface area contributed by atoms with Gasteiger partial charge in [0.25, 0.3) is 0 Å². The summed E-state index contributed by atoms with van der Waals surface area (Å²) in [5.41, 5.74) is 0. The number of sulfonamides is 1. The first-order chi connectivity index (χ1) is 13.5.